The van der Waals surface area contributed by atoms with Gasteiger partial charge in [0.25, 0.3) is 0 Å². The SMILES string of the molecule is Cc1nn(C)cc1S(=O)(=O)N1CCC(O)(CN2CCCC2)C1. The van der Waals surface area contributed by atoms with Gasteiger partial charge in [0, 0.05) is 32.9 Å². The smallest absolute Gasteiger partial charge is 0.246 e. The Morgan fingerprint density at radius 1 is 1.32 bits per heavy atom. The average Bonchev–Trinajstić information content (AvgIpc) is 3.12. The van der Waals surface area contributed by atoms with Crippen molar-refractivity contribution in [2.75, 3.05) is 32.7 Å². The van der Waals surface area contributed by atoms with Gasteiger partial charge in [-0.1, -0.05) is 0 Å². The Hall–Kier alpha value is -0.960. The van der Waals surface area contributed by atoms with Crippen molar-refractivity contribution in [3.05, 3.63) is 11.9 Å². The maximum Gasteiger partial charge on any atom is 0.246 e. The Kier molecular flexibility index (Phi) is 4.05. The normalized spacial score (nSPS) is 27.8. The van der Waals surface area contributed by atoms with Crippen molar-refractivity contribution in [1.82, 2.24) is 19.0 Å². The van der Waals surface area contributed by atoms with Crippen LogP contribution in [0.2, 0.25) is 0 Å². The zero-order valence-corrected chi connectivity index (χ0v) is 14.0. The zero-order valence-electron chi connectivity index (χ0n) is 13.2. The molecule has 3 rings (SSSR count). The third-order valence-electron chi connectivity index (χ3n) is 4.60. The third kappa shape index (κ3) is 2.92. The molecule has 0 saturated carbocycles. The van der Waals surface area contributed by atoms with Crippen molar-refractivity contribution in [2.24, 2.45) is 7.05 Å². The molecule has 2 saturated heterocycles. The second-order valence-electron chi connectivity index (χ2n) is 6.55. The first-order valence-electron chi connectivity index (χ1n) is 7.75. The molecule has 124 valence electrons. The molecule has 1 atom stereocenters. The Morgan fingerprint density at radius 2 is 2.00 bits per heavy atom. The molecule has 0 aromatic carbocycles. The predicted molar refractivity (Wildman–Crippen MR) is 81.9 cm³/mol. The summed E-state index contributed by atoms with van der Waals surface area (Å²) in [6.45, 7) is 4.78. The number of aliphatic hydroxyl groups is 1. The molecular weight excluding hydrogens is 304 g/mol. The number of aryl methyl sites for hydroxylation is 2. The summed E-state index contributed by atoms with van der Waals surface area (Å²) in [6.07, 6.45) is 4.34. The lowest BCUT2D eigenvalue weighted by Crippen LogP contribution is -2.45. The first-order chi connectivity index (χ1) is 10.3. The van der Waals surface area contributed by atoms with Gasteiger partial charge in [0.2, 0.25) is 10.0 Å². The lowest BCUT2D eigenvalue weighted by molar-refractivity contribution is 0.0232. The molecule has 1 unspecified atom stereocenters. The molecule has 3 heterocycles. The fraction of sp³-hybridized carbons (Fsp3) is 0.786. The number of sulfonamides is 1. The van der Waals surface area contributed by atoms with Gasteiger partial charge in [0.1, 0.15) is 4.90 Å². The quantitative estimate of drug-likeness (QED) is 0.838. The maximum absolute atomic E-state index is 12.7. The van der Waals surface area contributed by atoms with Crippen LogP contribution in [0.1, 0.15) is 25.0 Å². The highest BCUT2D eigenvalue weighted by molar-refractivity contribution is 7.89. The van der Waals surface area contributed by atoms with Gasteiger partial charge in [-0.05, 0) is 39.3 Å². The molecule has 7 nitrogen and oxygen atoms in total. The Labute approximate surface area is 131 Å². The molecule has 0 radical (unpaired) electrons. The van der Waals surface area contributed by atoms with Crippen molar-refractivity contribution < 1.29 is 13.5 Å². The summed E-state index contributed by atoms with van der Waals surface area (Å²) >= 11 is 0. The van der Waals surface area contributed by atoms with Gasteiger partial charge in [-0.15, -0.1) is 0 Å². The van der Waals surface area contributed by atoms with Crippen LogP contribution in [-0.2, 0) is 17.1 Å². The van der Waals surface area contributed by atoms with Gasteiger partial charge in [-0.2, -0.15) is 9.40 Å². The molecule has 8 heteroatoms. The van der Waals surface area contributed by atoms with Gasteiger partial charge in [0.05, 0.1) is 11.3 Å². The van der Waals surface area contributed by atoms with E-state index in [0.29, 0.717) is 25.2 Å². The highest BCUT2D eigenvalue weighted by Crippen LogP contribution is 2.29. The molecule has 0 bridgehead atoms. The van der Waals surface area contributed by atoms with Crippen LogP contribution in [0.4, 0.5) is 0 Å². The van der Waals surface area contributed by atoms with Crippen molar-refractivity contribution in [1.29, 1.82) is 0 Å². The summed E-state index contributed by atoms with van der Waals surface area (Å²) in [5.41, 5.74) is -0.439. The fourth-order valence-corrected chi connectivity index (χ4v) is 5.20. The summed E-state index contributed by atoms with van der Waals surface area (Å²) < 4.78 is 28.4. The van der Waals surface area contributed by atoms with Gasteiger partial charge >= 0.3 is 0 Å². The minimum absolute atomic E-state index is 0.167. The maximum atomic E-state index is 12.7. The number of nitrogens with zero attached hydrogens (tertiary/aromatic N) is 4. The van der Waals surface area contributed by atoms with E-state index < -0.39 is 15.6 Å². The molecule has 1 aromatic rings. The number of β-amino-alcohol motifs (C(OH)–C–C–N with tert-alkyl or cyclic N) is 1. The minimum Gasteiger partial charge on any atom is -0.387 e. The molecule has 2 fully saturated rings. The van der Waals surface area contributed by atoms with E-state index in [0.717, 1.165) is 25.9 Å². The molecule has 1 aromatic heterocycles. The highest BCUT2D eigenvalue weighted by Gasteiger charge is 2.43. The summed E-state index contributed by atoms with van der Waals surface area (Å²) in [7, 11) is -1.87. The van der Waals surface area contributed by atoms with E-state index in [2.05, 4.69) is 10.00 Å². The summed E-state index contributed by atoms with van der Waals surface area (Å²) in [5, 5.41) is 14.8. The Morgan fingerprint density at radius 3 is 2.59 bits per heavy atom. The van der Waals surface area contributed by atoms with Crippen LogP contribution >= 0.6 is 0 Å². The lowest BCUT2D eigenvalue weighted by Gasteiger charge is -2.28. The number of rotatable bonds is 4. The first-order valence-corrected chi connectivity index (χ1v) is 9.19. The lowest BCUT2D eigenvalue weighted by atomic mass is 10.0. The molecule has 0 spiro atoms. The zero-order chi connectivity index (χ0) is 16.0. The summed E-state index contributed by atoms with van der Waals surface area (Å²) in [5.74, 6) is 0. The van der Waals surface area contributed by atoms with Crippen LogP contribution in [0.25, 0.3) is 0 Å². The topological polar surface area (TPSA) is 78.7 Å². The highest BCUT2D eigenvalue weighted by atomic mass is 32.2. The average molecular weight is 328 g/mol. The van der Waals surface area contributed by atoms with Crippen molar-refractivity contribution in [3.8, 4) is 0 Å². The summed E-state index contributed by atoms with van der Waals surface area (Å²) in [4.78, 5) is 2.46. The molecule has 0 amide bonds. The Bertz CT molecular complexity index is 651. The van der Waals surface area contributed by atoms with Crippen LogP contribution in [0.15, 0.2) is 11.1 Å². The van der Waals surface area contributed by atoms with Crippen LogP contribution in [0.5, 0.6) is 0 Å². The van der Waals surface area contributed by atoms with Crippen LogP contribution in [0.3, 0.4) is 0 Å². The second kappa shape index (κ2) is 5.59. The van der Waals surface area contributed by atoms with Gasteiger partial charge in [-0.3, -0.25) is 4.68 Å². The van der Waals surface area contributed by atoms with E-state index in [-0.39, 0.29) is 11.4 Å². The van der Waals surface area contributed by atoms with E-state index in [4.69, 9.17) is 0 Å². The van der Waals surface area contributed by atoms with E-state index in [1.165, 1.54) is 15.2 Å². The van der Waals surface area contributed by atoms with Gasteiger partial charge in [-0.25, -0.2) is 8.42 Å². The van der Waals surface area contributed by atoms with Crippen LogP contribution in [-0.4, -0.2) is 70.8 Å². The van der Waals surface area contributed by atoms with Gasteiger partial charge in [0.15, 0.2) is 0 Å². The second-order valence-corrected chi connectivity index (χ2v) is 8.45. The number of likely N-dealkylation sites (tertiary alicyclic amines) is 1. The Balaban J connectivity index is 1.75. The molecular formula is C14H24N4O3S. The number of hydrogen-bond donors (Lipinski definition) is 1. The summed E-state index contributed by atoms with van der Waals surface area (Å²) in [6, 6.07) is 0. The largest absolute Gasteiger partial charge is 0.387 e. The van der Waals surface area contributed by atoms with E-state index in [9.17, 15) is 13.5 Å². The molecule has 1 N–H and O–H groups in total. The van der Waals surface area contributed by atoms with Crippen molar-refractivity contribution >= 4 is 10.0 Å². The predicted octanol–water partition coefficient (Wildman–Crippen LogP) is -0.0502. The third-order valence-corrected chi connectivity index (χ3v) is 6.55. The van der Waals surface area contributed by atoms with E-state index >= 15 is 0 Å². The number of hydrogen-bond acceptors (Lipinski definition) is 5. The fourth-order valence-electron chi connectivity index (χ4n) is 3.48. The van der Waals surface area contributed by atoms with Crippen molar-refractivity contribution in [3.63, 3.8) is 0 Å². The van der Waals surface area contributed by atoms with Crippen molar-refractivity contribution in [2.45, 2.75) is 36.7 Å². The monoisotopic (exact) mass is 328 g/mol. The molecule has 2 aliphatic heterocycles. The molecule has 2 aliphatic rings. The number of aromatic nitrogens is 2. The van der Waals surface area contributed by atoms with Gasteiger partial charge < -0.3 is 10.0 Å². The standard InChI is InChI=1S/C14H24N4O3S/c1-12-13(9-16(2)15-12)22(20,21)18-8-5-14(19,11-18)10-17-6-3-4-7-17/h9,19H,3-8,10-11H2,1-2H3. The van der Waals surface area contributed by atoms with E-state index in [1.54, 1.807) is 14.0 Å². The van der Waals surface area contributed by atoms with E-state index in [1.807, 2.05) is 0 Å². The molecule has 0 aliphatic carbocycles. The van der Waals surface area contributed by atoms with Crippen LogP contribution in [0, 0.1) is 6.92 Å². The minimum atomic E-state index is -3.58. The first kappa shape index (κ1) is 15.9. The molecule has 22 heavy (non-hydrogen) atoms. The van der Waals surface area contributed by atoms with Crippen LogP contribution < -0.4 is 0 Å².